The Hall–Kier alpha value is -2.70. The van der Waals surface area contributed by atoms with Crippen LogP contribution in [0, 0.1) is 6.92 Å². The molecule has 3 aromatic rings. The zero-order chi connectivity index (χ0) is 19.2. The van der Waals surface area contributed by atoms with Gasteiger partial charge in [0.1, 0.15) is 5.01 Å². The molecule has 3 rings (SSSR count). The van der Waals surface area contributed by atoms with E-state index >= 15 is 0 Å². The molecule has 0 fully saturated rings. The summed E-state index contributed by atoms with van der Waals surface area (Å²) in [6.45, 7) is 2.21. The van der Waals surface area contributed by atoms with Crippen molar-refractivity contribution in [3.05, 3.63) is 70.2 Å². The average molecular weight is 400 g/mol. The van der Waals surface area contributed by atoms with E-state index in [0.29, 0.717) is 23.7 Å². The zero-order valence-corrected chi connectivity index (χ0v) is 16.2. The lowest BCUT2D eigenvalue weighted by Gasteiger charge is -2.08. The van der Waals surface area contributed by atoms with Crippen molar-refractivity contribution in [2.24, 2.45) is 0 Å². The van der Waals surface area contributed by atoms with Crippen LogP contribution in [-0.2, 0) is 16.0 Å². The number of nitrogens with one attached hydrogen (secondary N) is 2. The van der Waals surface area contributed by atoms with E-state index in [0.717, 1.165) is 21.8 Å². The Morgan fingerprint density at radius 3 is 2.56 bits per heavy atom. The van der Waals surface area contributed by atoms with E-state index in [2.05, 4.69) is 15.6 Å². The van der Waals surface area contributed by atoms with Crippen molar-refractivity contribution >= 4 is 40.4 Å². The molecule has 2 N–H and O–H groups in total. The topological polar surface area (TPSA) is 71.1 Å². The van der Waals surface area contributed by atoms with Crippen molar-refractivity contribution in [2.45, 2.75) is 13.3 Å². The number of anilines is 1. The number of hydrogen-bond acceptors (Lipinski definition) is 4. The lowest BCUT2D eigenvalue weighted by atomic mass is 10.2. The summed E-state index contributed by atoms with van der Waals surface area (Å²) in [5.41, 5.74) is 3.39. The monoisotopic (exact) mass is 399 g/mol. The third kappa shape index (κ3) is 5.15. The van der Waals surface area contributed by atoms with Crippen molar-refractivity contribution in [1.82, 2.24) is 10.3 Å². The van der Waals surface area contributed by atoms with Crippen molar-refractivity contribution in [3.63, 3.8) is 0 Å². The fraction of sp³-hybridized carbons (Fsp3) is 0.150. The molecule has 1 heterocycles. The van der Waals surface area contributed by atoms with E-state index in [9.17, 15) is 9.59 Å². The Balaban J connectivity index is 1.49. The highest BCUT2D eigenvalue weighted by Gasteiger charge is 2.14. The van der Waals surface area contributed by atoms with Gasteiger partial charge in [0.15, 0.2) is 0 Å². The fourth-order valence-corrected chi connectivity index (χ4v) is 3.41. The normalized spacial score (nSPS) is 10.4. The zero-order valence-electron chi connectivity index (χ0n) is 14.7. The number of aryl methyl sites for hydroxylation is 1. The molecule has 0 aliphatic rings. The molecule has 0 radical (unpaired) electrons. The van der Waals surface area contributed by atoms with Crippen LogP contribution in [0.3, 0.4) is 0 Å². The summed E-state index contributed by atoms with van der Waals surface area (Å²) < 4.78 is 0. The number of para-hydroxylation sites is 1. The van der Waals surface area contributed by atoms with Crippen LogP contribution in [0.15, 0.2) is 53.9 Å². The fourth-order valence-electron chi connectivity index (χ4n) is 2.42. The van der Waals surface area contributed by atoms with Gasteiger partial charge in [0.2, 0.25) is 0 Å². The summed E-state index contributed by atoms with van der Waals surface area (Å²) in [6, 6.07) is 14.8. The van der Waals surface area contributed by atoms with Gasteiger partial charge >= 0.3 is 11.8 Å². The first-order chi connectivity index (χ1) is 13.0. The summed E-state index contributed by atoms with van der Waals surface area (Å²) in [5.74, 6) is -1.34. The second kappa shape index (κ2) is 8.79. The summed E-state index contributed by atoms with van der Waals surface area (Å²) in [4.78, 5) is 28.5. The van der Waals surface area contributed by atoms with Gasteiger partial charge in [-0.2, -0.15) is 0 Å². The standard InChI is InChI=1S/C20H18ClN3O2S/c1-13-4-2-3-5-17(13)24-19(26)18(25)22-11-10-16-12-27-20(23-16)14-6-8-15(21)9-7-14/h2-9,12H,10-11H2,1H3,(H,22,25)(H,24,26). The Labute approximate surface area is 166 Å². The summed E-state index contributed by atoms with van der Waals surface area (Å²) in [7, 11) is 0. The molecule has 138 valence electrons. The maximum absolute atomic E-state index is 12.0. The number of benzene rings is 2. The molecule has 2 aromatic carbocycles. The van der Waals surface area contributed by atoms with E-state index < -0.39 is 11.8 Å². The van der Waals surface area contributed by atoms with Crippen LogP contribution in [0.25, 0.3) is 10.6 Å². The maximum atomic E-state index is 12.0. The van der Waals surface area contributed by atoms with Gasteiger partial charge in [-0.1, -0.05) is 41.9 Å². The first kappa shape index (κ1) is 19.1. The Morgan fingerprint density at radius 2 is 1.81 bits per heavy atom. The van der Waals surface area contributed by atoms with E-state index in [1.807, 2.05) is 48.7 Å². The van der Waals surface area contributed by atoms with Crippen LogP contribution >= 0.6 is 22.9 Å². The molecule has 2 amide bonds. The third-order valence-electron chi connectivity index (χ3n) is 3.91. The molecule has 0 saturated carbocycles. The number of amides is 2. The largest absolute Gasteiger partial charge is 0.347 e. The lowest BCUT2D eigenvalue weighted by Crippen LogP contribution is -2.36. The molecular weight excluding hydrogens is 382 g/mol. The maximum Gasteiger partial charge on any atom is 0.313 e. The molecule has 27 heavy (non-hydrogen) atoms. The van der Waals surface area contributed by atoms with Gasteiger partial charge in [0, 0.05) is 34.6 Å². The first-order valence-corrected chi connectivity index (χ1v) is 9.64. The van der Waals surface area contributed by atoms with Gasteiger partial charge in [0.25, 0.3) is 0 Å². The van der Waals surface area contributed by atoms with E-state index in [4.69, 9.17) is 11.6 Å². The molecular formula is C20H18ClN3O2S. The van der Waals surface area contributed by atoms with Crippen LogP contribution in [0.4, 0.5) is 5.69 Å². The summed E-state index contributed by atoms with van der Waals surface area (Å²) >= 11 is 7.43. The second-order valence-corrected chi connectivity index (χ2v) is 7.22. The number of rotatable bonds is 5. The molecule has 7 heteroatoms. The Kier molecular flexibility index (Phi) is 6.21. The lowest BCUT2D eigenvalue weighted by molar-refractivity contribution is -0.136. The van der Waals surface area contributed by atoms with Crippen molar-refractivity contribution in [2.75, 3.05) is 11.9 Å². The predicted octanol–water partition coefficient (Wildman–Crippen LogP) is 4.07. The van der Waals surface area contributed by atoms with Gasteiger partial charge in [-0.25, -0.2) is 4.98 Å². The summed E-state index contributed by atoms with van der Waals surface area (Å²) in [6.07, 6.45) is 0.549. The SMILES string of the molecule is Cc1ccccc1NC(=O)C(=O)NCCc1csc(-c2ccc(Cl)cc2)n1. The molecule has 0 saturated heterocycles. The van der Waals surface area contributed by atoms with Crippen LogP contribution in [-0.4, -0.2) is 23.3 Å². The molecule has 0 aliphatic carbocycles. The third-order valence-corrected chi connectivity index (χ3v) is 5.10. The molecule has 1 aromatic heterocycles. The molecule has 5 nitrogen and oxygen atoms in total. The van der Waals surface area contributed by atoms with E-state index in [-0.39, 0.29) is 0 Å². The number of carbonyl (C=O) groups excluding carboxylic acids is 2. The highest BCUT2D eigenvalue weighted by atomic mass is 35.5. The minimum Gasteiger partial charge on any atom is -0.347 e. The molecule has 0 atom stereocenters. The Morgan fingerprint density at radius 1 is 1.07 bits per heavy atom. The average Bonchev–Trinajstić information content (AvgIpc) is 3.13. The first-order valence-electron chi connectivity index (χ1n) is 8.38. The minimum absolute atomic E-state index is 0.337. The number of halogens is 1. The van der Waals surface area contributed by atoms with E-state index in [1.165, 1.54) is 11.3 Å². The van der Waals surface area contributed by atoms with Gasteiger partial charge < -0.3 is 10.6 Å². The highest BCUT2D eigenvalue weighted by Crippen LogP contribution is 2.25. The molecule has 0 bridgehead atoms. The molecule has 0 aliphatic heterocycles. The highest BCUT2D eigenvalue weighted by molar-refractivity contribution is 7.13. The number of nitrogens with zero attached hydrogens (tertiary/aromatic N) is 1. The van der Waals surface area contributed by atoms with Gasteiger partial charge in [-0.05, 0) is 30.7 Å². The molecule has 0 spiro atoms. The van der Waals surface area contributed by atoms with Crippen LogP contribution in [0.1, 0.15) is 11.3 Å². The van der Waals surface area contributed by atoms with E-state index in [1.54, 1.807) is 12.1 Å². The van der Waals surface area contributed by atoms with Gasteiger partial charge in [0.05, 0.1) is 5.69 Å². The second-order valence-electron chi connectivity index (χ2n) is 5.93. The minimum atomic E-state index is -0.676. The smallest absolute Gasteiger partial charge is 0.313 e. The number of aromatic nitrogens is 1. The number of hydrogen-bond donors (Lipinski definition) is 2. The predicted molar refractivity (Wildman–Crippen MR) is 109 cm³/mol. The van der Waals surface area contributed by atoms with Crippen molar-refractivity contribution < 1.29 is 9.59 Å². The van der Waals surface area contributed by atoms with Crippen molar-refractivity contribution in [3.8, 4) is 10.6 Å². The van der Waals surface area contributed by atoms with Gasteiger partial charge in [-0.15, -0.1) is 11.3 Å². The van der Waals surface area contributed by atoms with Crippen LogP contribution in [0.2, 0.25) is 5.02 Å². The van der Waals surface area contributed by atoms with Crippen LogP contribution < -0.4 is 10.6 Å². The van der Waals surface area contributed by atoms with Crippen LogP contribution in [0.5, 0.6) is 0 Å². The Bertz CT molecular complexity index is 954. The molecule has 0 unspecified atom stereocenters. The number of carbonyl (C=O) groups is 2. The number of thiazole rings is 1. The summed E-state index contributed by atoms with van der Waals surface area (Å²) in [5, 5.41) is 8.76. The van der Waals surface area contributed by atoms with Gasteiger partial charge in [-0.3, -0.25) is 9.59 Å². The quantitative estimate of drug-likeness (QED) is 0.635. The van der Waals surface area contributed by atoms with Crippen molar-refractivity contribution in [1.29, 1.82) is 0 Å².